The van der Waals surface area contributed by atoms with E-state index in [2.05, 4.69) is 11.4 Å². The van der Waals surface area contributed by atoms with E-state index in [1.54, 1.807) is 12.1 Å². The maximum absolute atomic E-state index is 12.0. The van der Waals surface area contributed by atoms with E-state index in [1.807, 2.05) is 17.0 Å². The van der Waals surface area contributed by atoms with Gasteiger partial charge in [-0.25, -0.2) is 0 Å². The molecule has 1 radical (unpaired) electrons. The first kappa shape index (κ1) is 10.2. The van der Waals surface area contributed by atoms with Gasteiger partial charge in [0.15, 0.2) is 0 Å². The van der Waals surface area contributed by atoms with Crippen molar-refractivity contribution in [3.05, 3.63) is 35.9 Å². The topological polar surface area (TPSA) is 32.3 Å². The first-order valence-electron chi connectivity index (χ1n) is 5.34. The zero-order valence-corrected chi connectivity index (χ0v) is 8.70. The quantitative estimate of drug-likeness (QED) is 0.736. The second-order valence-corrected chi connectivity index (χ2v) is 3.68. The van der Waals surface area contributed by atoms with Gasteiger partial charge < -0.3 is 10.2 Å². The molecule has 1 aromatic carbocycles. The van der Waals surface area contributed by atoms with Crippen LogP contribution in [0.4, 0.5) is 0 Å². The van der Waals surface area contributed by atoms with Gasteiger partial charge in [-0.2, -0.15) is 0 Å². The maximum atomic E-state index is 12.0. The van der Waals surface area contributed by atoms with Crippen LogP contribution < -0.4 is 5.32 Å². The highest BCUT2D eigenvalue weighted by molar-refractivity contribution is 5.94. The molecule has 3 nitrogen and oxygen atoms in total. The Balaban J connectivity index is 2.06. The van der Waals surface area contributed by atoms with Crippen molar-refractivity contribution in [2.24, 2.45) is 0 Å². The number of carbonyl (C=O) groups is 1. The summed E-state index contributed by atoms with van der Waals surface area (Å²) in [4.78, 5) is 13.9. The molecule has 0 bridgehead atoms. The normalized spacial score (nSPS) is 17.2. The van der Waals surface area contributed by atoms with E-state index >= 15 is 0 Å². The van der Waals surface area contributed by atoms with Crippen LogP contribution >= 0.6 is 0 Å². The summed E-state index contributed by atoms with van der Waals surface area (Å²) in [5.41, 5.74) is 0.760. The van der Waals surface area contributed by atoms with E-state index in [1.165, 1.54) is 0 Å². The van der Waals surface area contributed by atoms with Crippen LogP contribution in [0.5, 0.6) is 0 Å². The smallest absolute Gasteiger partial charge is 0.253 e. The van der Waals surface area contributed by atoms with Crippen LogP contribution in [0.1, 0.15) is 16.8 Å². The van der Waals surface area contributed by atoms with Gasteiger partial charge in [-0.1, -0.05) is 12.1 Å². The summed E-state index contributed by atoms with van der Waals surface area (Å²) in [5.74, 6) is 0.132. The lowest BCUT2D eigenvalue weighted by Crippen LogP contribution is -2.34. The van der Waals surface area contributed by atoms with Crippen molar-refractivity contribution in [2.75, 3.05) is 26.2 Å². The summed E-state index contributed by atoms with van der Waals surface area (Å²) in [7, 11) is 0. The number of amides is 1. The van der Waals surface area contributed by atoms with Gasteiger partial charge in [0.2, 0.25) is 0 Å². The number of hydrogen-bond acceptors (Lipinski definition) is 2. The molecule has 1 fully saturated rings. The highest BCUT2D eigenvalue weighted by Gasteiger charge is 2.16. The number of rotatable bonds is 1. The van der Waals surface area contributed by atoms with Gasteiger partial charge in [0.1, 0.15) is 0 Å². The largest absolute Gasteiger partial charge is 0.337 e. The molecule has 15 heavy (non-hydrogen) atoms. The van der Waals surface area contributed by atoms with Gasteiger partial charge in [0, 0.05) is 25.2 Å². The van der Waals surface area contributed by atoms with Crippen LogP contribution in [0, 0.1) is 6.07 Å². The van der Waals surface area contributed by atoms with Crippen molar-refractivity contribution in [1.29, 1.82) is 0 Å². The molecule has 1 aromatic rings. The summed E-state index contributed by atoms with van der Waals surface area (Å²) >= 11 is 0. The van der Waals surface area contributed by atoms with Crippen molar-refractivity contribution >= 4 is 5.91 Å². The zero-order chi connectivity index (χ0) is 10.5. The highest BCUT2D eigenvalue weighted by atomic mass is 16.2. The molecule has 2 rings (SSSR count). The van der Waals surface area contributed by atoms with Crippen molar-refractivity contribution in [1.82, 2.24) is 10.2 Å². The van der Waals surface area contributed by atoms with E-state index < -0.39 is 0 Å². The van der Waals surface area contributed by atoms with E-state index in [4.69, 9.17) is 0 Å². The van der Waals surface area contributed by atoms with Crippen LogP contribution in [0.2, 0.25) is 0 Å². The van der Waals surface area contributed by atoms with Crippen LogP contribution in [0.15, 0.2) is 24.3 Å². The number of carbonyl (C=O) groups excluding carboxylic acids is 1. The molecule has 79 valence electrons. The number of nitrogens with zero attached hydrogens (tertiary/aromatic N) is 1. The van der Waals surface area contributed by atoms with Gasteiger partial charge >= 0.3 is 0 Å². The van der Waals surface area contributed by atoms with Gasteiger partial charge in [0.25, 0.3) is 5.91 Å². The molecular weight excluding hydrogens is 188 g/mol. The summed E-state index contributed by atoms with van der Waals surface area (Å²) in [6.07, 6.45) is 1.03. The van der Waals surface area contributed by atoms with Crippen LogP contribution in [0.3, 0.4) is 0 Å². The highest BCUT2D eigenvalue weighted by Crippen LogP contribution is 2.05. The van der Waals surface area contributed by atoms with Gasteiger partial charge in [-0.15, -0.1) is 0 Å². The van der Waals surface area contributed by atoms with Crippen molar-refractivity contribution in [3.63, 3.8) is 0 Å². The Hall–Kier alpha value is -1.35. The maximum Gasteiger partial charge on any atom is 0.253 e. The molecule has 0 atom stereocenters. The molecule has 0 aliphatic carbocycles. The Morgan fingerprint density at radius 3 is 2.87 bits per heavy atom. The molecule has 1 amide bonds. The lowest BCUT2D eigenvalue weighted by atomic mass is 10.2. The van der Waals surface area contributed by atoms with Gasteiger partial charge in [-0.05, 0) is 31.2 Å². The first-order chi connectivity index (χ1) is 7.38. The third-order valence-corrected chi connectivity index (χ3v) is 2.59. The molecule has 0 spiro atoms. The second-order valence-electron chi connectivity index (χ2n) is 3.68. The predicted molar refractivity (Wildman–Crippen MR) is 58.7 cm³/mol. The van der Waals surface area contributed by atoms with Gasteiger partial charge in [0.05, 0.1) is 0 Å². The fraction of sp³-hybridized carbons (Fsp3) is 0.417. The minimum atomic E-state index is 0.132. The van der Waals surface area contributed by atoms with E-state index in [0.717, 1.165) is 38.2 Å². The Morgan fingerprint density at radius 1 is 1.27 bits per heavy atom. The molecule has 0 unspecified atom stereocenters. The molecule has 3 heteroatoms. The Morgan fingerprint density at radius 2 is 2.07 bits per heavy atom. The SMILES string of the molecule is O=C(c1cc[c]cc1)N1CCCNCC1. The number of hydrogen-bond donors (Lipinski definition) is 1. The molecule has 1 heterocycles. The molecule has 0 saturated carbocycles. The third kappa shape index (κ3) is 2.57. The summed E-state index contributed by atoms with van der Waals surface area (Å²) < 4.78 is 0. The minimum Gasteiger partial charge on any atom is -0.337 e. The van der Waals surface area contributed by atoms with E-state index in [9.17, 15) is 4.79 Å². The summed E-state index contributed by atoms with van der Waals surface area (Å²) in [6, 6.07) is 10.1. The first-order valence-corrected chi connectivity index (χ1v) is 5.34. The predicted octanol–water partition coefficient (Wildman–Crippen LogP) is 0.922. The van der Waals surface area contributed by atoms with Crippen molar-refractivity contribution < 1.29 is 4.79 Å². The van der Waals surface area contributed by atoms with Crippen molar-refractivity contribution in [3.8, 4) is 0 Å². The molecule has 1 saturated heterocycles. The van der Waals surface area contributed by atoms with E-state index in [0.29, 0.717) is 0 Å². The summed E-state index contributed by atoms with van der Waals surface area (Å²) in [6.45, 7) is 3.55. The second kappa shape index (κ2) is 4.94. The van der Waals surface area contributed by atoms with E-state index in [-0.39, 0.29) is 5.91 Å². The lowest BCUT2D eigenvalue weighted by molar-refractivity contribution is 0.0766. The molecule has 1 aliphatic heterocycles. The molecule has 1 aliphatic rings. The van der Waals surface area contributed by atoms with Gasteiger partial charge in [-0.3, -0.25) is 4.79 Å². The third-order valence-electron chi connectivity index (χ3n) is 2.59. The average Bonchev–Trinajstić information content (AvgIpc) is 2.58. The monoisotopic (exact) mass is 203 g/mol. The fourth-order valence-electron chi connectivity index (χ4n) is 1.76. The molecule has 1 N–H and O–H groups in total. The fourth-order valence-corrected chi connectivity index (χ4v) is 1.76. The van der Waals surface area contributed by atoms with Crippen molar-refractivity contribution in [2.45, 2.75) is 6.42 Å². The minimum absolute atomic E-state index is 0.132. The Kier molecular flexibility index (Phi) is 3.35. The lowest BCUT2D eigenvalue weighted by Gasteiger charge is -2.19. The Labute approximate surface area is 90.1 Å². The van der Waals surface area contributed by atoms with Crippen LogP contribution in [0.25, 0.3) is 0 Å². The molecular formula is C12H15N2O. The van der Waals surface area contributed by atoms with Crippen LogP contribution in [-0.4, -0.2) is 37.0 Å². The summed E-state index contributed by atoms with van der Waals surface area (Å²) in [5, 5.41) is 3.28. The zero-order valence-electron chi connectivity index (χ0n) is 8.70. The number of nitrogens with one attached hydrogen (secondary N) is 1. The average molecular weight is 203 g/mol. The number of benzene rings is 1. The Bertz CT molecular complexity index is 316. The van der Waals surface area contributed by atoms with Crippen LogP contribution in [-0.2, 0) is 0 Å². The standard InChI is InChI=1S/C12H15N2O/c15-12(11-5-2-1-3-6-11)14-9-4-7-13-8-10-14/h2-3,5-6,13H,4,7-10H2. The molecule has 0 aromatic heterocycles.